The quantitative estimate of drug-likeness (QED) is 0.506. The van der Waals surface area contributed by atoms with Crippen LogP contribution in [0.2, 0.25) is 0 Å². The number of hydrogen-bond acceptors (Lipinski definition) is 5. The van der Waals surface area contributed by atoms with Gasteiger partial charge < -0.3 is 9.26 Å². The van der Waals surface area contributed by atoms with Crippen LogP contribution in [-0.4, -0.2) is 23.2 Å². The molecule has 1 aromatic heterocycles. The molecular weight excluding hydrogens is 400 g/mol. The fourth-order valence-electron chi connectivity index (χ4n) is 4.47. The molecular formula is C27H32N2O3. The van der Waals surface area contributed by atoms with Gasteiger partial charge in [-0.3, -0.25) is 4.79 Å². The molecule has 1 saturated carbocycles. The van der Waals surface area contributed by atoms with E-state index in [0.29, 0.717) is 30.0 Å². The molecule has 0 radical (unpaired) electrons. The Hall–Kier alpha value is -2.95. The van der Waals surface area contributed by atoms with E-state index in [4.69, 9.17) is 14.2 Å². The number of hydrogen-bond donors (Lipinski definition) is 0. The third kappa shape index (κ3) is 5.26. The SMILES string of the molecule is COC(=O)CCc1ccc(-c2noc(C3=C4\CCC(C)(C)C\C4=C\CCC/C=C\3)n2)cc1. The van der Waals surface area contributed by atoms with Gasteiger partial charge in [0.15, 0.2) is 0 Å². The summed E-state index contributed by atoms with van der Waals surface area (Å²) >= 11 is 0. The number of methoxy groups -OCH3 is 1. The van der Waals surface area contributed by atoms with Gasteiger partial charge in [-0.15, -0.1) is 0 Å². The zero-order valence-corrected chi connectivity index (χ0v) is 19.3. The number of ether oxygens (including phenoxy) is 1. The molecule has 1 heterocycles. The average molecular weight is 433 g/mol. The molecule has 2 aliphatic rings. The summed E-state index contributed by atoms with van der Waals surface area (Å²) in [5.41, 5.74) is 6.18. The van der Waals surface area contributed by atoms with E-state index < -0.39 is 0 Å². The van der Waals surface area contributed by atoms with Crippen LogP contribution < -0.4 is 0 Å². The molecule has 1 aromatic carbocycles. The Balaban J connectivity index is 1.60. The number of aromatic nitrogens is 2. The van der Waals surface area contributed by atoms with Crippen LogP contribution in [0.1, 0.15) is 70.2 Å². The number of benzene rings is 1. The highest BCUT2D eigenvalue weighted by atomic mass is 16.5. The van der Waals surface area contributed by atoms with E-state index >= 15 is 0 Å². The number of rotatable bonds is 5. The maximum Gasteiger partial charge on any atom is 0.305 e. The minimum atomic E-state index is -0.200. The Bertz CT molecular complexity index is 1050. The van der Waals surface area contributed by atoms with Crippen LogP contribution in [0.4, 0.5) is 0 Å². The van der Waals surface area contributed by atoms with Crippen molar-refractivity contribution in [2.45, 2.75) is 65.2 Å². The molecule has 2 aliphatic carbocycles. The van der Waals surface area contributed by atoms with E-state index in [9.17, 15) is 4.79 Å². The monoisotopic (exact) mass is 432 g/mol. The first-order valence-corrected chi connectivity index (χ1v) is 11.5. The summed E-state index contributed by atoms with van der Waals surface area (Å²) in [6, 6.07) is 7.96. The number of fused-ring (bicyclic) bond motifs is 1. The third-order valence-electron chi connectivity index (χ3n) is 6.40. The molecule has 0 bridgehead atoms. The summed E-state index contributed by atoms with van der Waals surface area (Å²) in [4.78, 5) is 16.1. The van der Waals surface area contributed by atoms with Gasteiger partial charge in [0.2, 0.25) is 5.82 Å². The first-order valence-electron chi connectivity index (χ1n) is 11.5. The molecule has 0 aliphatic heterocycles. The minimum Gasteiger partial charge on any atom is -0.469 e. The second kappa shape index (κ2) is 9.68. The van der Waals surface area contributed by atoms with Crippen molar-refractivity contribution in [3.63, 3.8) is 0 Å². The topological polar surface area (TPSA) is 65.2 Å². The highest BCUT2D eigenvalue weighted by Gasteiger charge is 2.30. The second-order valence-corrected chi connectivity index (χ2v) is 9.49. The summed E-state index contributed by atoms with van der Waals surface area (Å²) in [7, 11) is 1.41. The van der Waals surface area contributed by atoms with Gasteiger partial charge in [0.25, 0.3) is 5.89 Å². The number of aryl methyl sites for hydroxylation is 1. The Kier molecular flexibility index (Phi) is 6.73. The predicted molar refractivity (Wildman–Crippen MR) is 126 cm³/mol. The number of esters is 1. The molecule has 0 amide bonds. The fraction of sp³-hybridized carbons (Fsp3) is 0.444. The minimum absolute atomic E-state index is 0.200. The van der Waals surface area contributed by atoms with Crippen LogP contribution in [0.5, 0.6) is 0 Å². The molecule has 0 spiro atoms. The van der Waals surface area contributed by atoms with E-state index in [0.717, 1.165) is 48.8 Å². The Labute approximate surface area is 190 Å². The molecule has 5 heteroatoms. The average Bonchev–Trinajstić information content (AvgIpc) is 3.29. The first-order chi connectivity index (χ1) is 15.4. The van der Waals surface area contributed by atoms with Crippen LogP contribution >= 0.6 is 0 Å². The molecule has 5 nitrogen and oxygen atoms in total. The van der Waals surface area contributed by atoms with Crippen molar-refractivity contribution < 1.29 is 14.1 Å². The number of nitrogens with zero attached hydrogens (tertiary/aromatic N) is 2. The molecule has 1 fully saturated rings. The van der Waals surface area contributed by atoms with Crippen LogP contribution in [0.25, 0.3) is 17.0 Å². The van der Waals surface area contributed by atoms with Gasteiger partial charge in [0.1, 0.15) is 0 Å². The number of carbonyl (C=O) groups excluding carboxylic acids is 1. The maximum atomic E-state index is 11.4. The van der Waals surface area contributed by atoms with E-state index in [1.807, 2.05) is 24.3 Å². The smallest absolute Gasteiger partial charge is 0.305 e. The lowest BCUT2D eigenvalue weighted by Gasteiger charge is -2.34. The summed E-state index contributed by atoms with van der Waals surface area (Å²) in [5.74, 6) is 0.977. The van der Waals surface area contributed by atoms with Crippen molar-refractivity contribution in [3.8, 4) is 11.4 Å². The summed E-state index contributed by atoms with van der Waals surface area (Å²) in [6.45, 7) is 4.71. The van der Waals surface area contributed by atoms with Crippen molar-refractivity contribution in [3.05, 3.63) is 65.1 Å². The standard InChI is InChI=1S/C27H32N2O3/c1-27(2)17-16-22-21(18-27)8-6-4-5-7-9-23(22)26-28-25(29-32-26)20-13-10-19(11-14-20)12-15-24(30)31-3/h7-11,13-14H,4-6,12,15-18H2,1-3H3/b9-7-,21-8-,23-22+. The van der Waals surface area contributed by atoms with Crippen molar-refractivity contribution >= 4 is 11.5 Å². The summed E-state index contributed by atoms with van der Waals surface area (Å²) in [5, 5.41) is 4.27. The van der Waals surface area contributed by atoms with Crippen LogP contribution in [-0.2, 0) is 16.0 Å². The second-order valence-electron chi connectivity index (χ2n) is 9.49. The van der Waals surface area contributed by atoms with Crippen LogP contribution in [0.15, 0.2) is 58.2 Å². The van der Waals surface area contributed by atoms with Crippen LogP contribution in [0.3, 0.4) is 0 Å². The number of carbonyl (C=O) groups is 1. The lowest BCUT2D eigenvalue weighted by atomic mass is 9.71. The lowest BCUT2D eigenvalue weighted by Crippen LogP contribution is -2.19. The molecule has 0 unspecified atom stereocenters. The molecule has 32 heavy (non-hydrogen) atoms. The summed E-state index contributed by atoms with van der Waals surface area (Å²) < 4.78 is 10.5. The highest BCUT2D eigenvalue weighted by Crippen LogP contribution is 2.44. The van der Waals surface area contributed by atoms with E-state index in [2.05, 4.69) is 37.2 Å². The fourth-order valence-corrected chi connectivity index (χ4v) is 4.47. The van der Waals surface area contributed by atoms with Crippen LogP contribution in [0, 0.1) is 5.41 Å². The first kappa shape index (κ1) is 22.3. The van der Waals surface area contributed by atoms with Gasteiger partial charge in [-0.1, -0.05) is 61.5 Å². The van der Waals surface area contributed by atoms with E-state index in [1.165, 1.54) is 24.7 Å². The van der Waals surface area contributed by atoms with Gasteiger partial charge in [0.05, 0.1) is 7.11 Å². The Morgan fingerprint density at radius 3 is 2.78 bits per heavy atom. The van der Waals surface area contributed by atoms with E-state index in [1.54, 1.807) is 0 Å². The van der Waals surface area contributed by atoms with Crippen molar-refractivity contribution in [1.82, 2.24) is 10.1 Å². The van der Waals surface area contributed by atoms with Crippen molar-refractivity contribution in [1.29, 1.82) is 0 Å². The molecule has 168 valence electrons. The Morgan fingerprint density at radius 1 is 1.19 bits per heavy atom. The predicted octanol–water partition coefficient (Wildman–Crippen LogP) is 6.47. The maximum absolute atomic E-state index is 11.4. The van der Waals surface area contributed by atoms with Crippen molar-refractivity contribution in [2.75, 3.05) is 7.11 Å². The molecule has 4 rings (SSSR count). The van der Waals surface area contributed by atoms with Gasteiger partial charge in [-0.2, -0.15) is 4.98 Å². The molecule has 0 saturated heterocycles. The zero-order valence-electron chi connectivity index (χ0n) is 19.3. The lowest BCUT2D eigenvalue weighted by molar-refractivity contribution is -0.140. The zero-order chi connectivity index (χ0) is 22.6. The number of allylic oxidation sites excluding steroid dienone is 6. The van der Waals surface area contributed by atoms with Gasteiger partial charge >= 0.3 is 5.97 Å². The highest BCUT2D eigenvalue weighted by molar-refractivity contribution is 5.76. The summed E-state index contributed by atoms with van der Waals surface area (Å²) in [6.07, 6.45) is 14.5. The Morgan fingerprint density at radius 2 is 2.00 bits per heavy atom. The van der Waals surface area contributed by atoms with E-state index in [-0.39, 0.29) is 5.97 Å². The molecule has 0 atom stereocenters. The van der Waals surface area contributed by atoms with Gasteiger partial charge in [-0.05, 0) is 67.1 Å². The van der Waals surface area contributed by atoms with Gasteiger partial charge in [0, 0.05) is 17.6 Å². The third-order valence-corrected chi connectivity index (χ3v) is 6.40. The molecule has 0 N–H and O–H groups in total. The molecule has 2 aromatic rings. The van der Waals surface area contributed by atoms with Gasteiger partial charge in [-0.25, -0.2) is 0 Å². The normalized spacial score (nSPS) is 23.2. The van der Waals surface area contributed by atoms with Crippen molar-refractivity contribution in [2.24, 2.45) is 5.41 Å². The largest absolute Gasteiger partial charge is 0.469 e.